The highest BCUT2D eigenvalue weighted by molar-refractivity contribution is 6.31. The molecule has 20 heavy (non-hydrogen) atoms. The Morgan fingerprint density at radius 1 is 0.950 bits per heavy atom. The molecule has 2 rings (SSSR count). The van der Waals surface area contributed by atoms with Crippen LogP contribution in [0, 0.1) is 13.8 Å². The largest absolute Gasteiger partial charge is 0.338 e. The first-order valence-electron chi connectivity index (χ1n) is 6.65. The summed E-state index contributed by atoms with van der Waals surface area (Å²) in [6.45, 7) is 10.4. The van der Waals surface area contributed by atoms with Crippen molar-refractivity contribution in [1.82, 2.24) is 9.97 Å². The molecular formula is C16H20ClN3. The molecule has 0 bridgehead atoms. The average Bonchev–Trinajstić information content (AvgIpc) is 2.35. The van der Waals surface area contributed by atoms with Gasteiger partial charge in [-0.05, 0) is 37.0 Å². The summed E-state index contributed by atoms with van der Waals surface area (Å²) in [5.41, 5.74) is 4.13. The Labute approximate surface area is 125 Å². The number of hydrogen-bond donors (Lipinski definition) is 1. The van der Waals surface area contributed by atoms with Gasteiger partial charge < -0.3 is 5.32 Å². The normalized spacial score (nSPS) is 11.5. The first kappa shape index (κ1) is 14.8. The zero-order valence-electron chi connectivity index (χ0n) is 12.6. The highest BCUT2D eigenvalue weighted by Crippen LogP contribution is 2.26. The molecule has 0 aliphatic carbocycles. The van der Waals surface area contributed by atoms with Gasteiger partial charge in [-0.1, -0.05) is 44.5 Å². The minimum atomic E-state index is 0.149. The first-order chi connectivity index (χ1) is 9.27. The molecule has 4 heteroatoms. The number of hydrogen-bond acceptors (Lipinski definition) is 3. The van der Waals surface area contributed by atoms with E-state index < -0.39 is 0 Å². The van der Waals surface area contributed by atoms with E-state index in [0.717, 1.165) is 17.1 Å². The Balaban J connectivity index is 2.25. The molecule has 0 radical (unpaired) electrons. The van der Waals surface area contributed by atoms with Gasteiger partial charge in [0, 0.05) is 5.69 Å². The summed E-state index contributed by atoms with van der Waals surface area (Å²) in [5, 5.41) is 3.61. The van der Waals surface area contributed by atoms with Crippen LogP contribution in [0.2, 0.25) is 5.15 Å². The monoisotopic (exact) mass is 289 g/mol. The molecule has 1 aromatic carbocycles. The fraction of sp³-hybridized carbons (Fsp3) is 0.375. The maximum atomic E-state index is 6.12. The van der Waals surface area contributed by atoms with Crippen molar-refractivity contribution in [1.29, 1.82) is 0 Å². The van der Waals surface area contributed by atoms with E-state index in [1.807, 2.05) is 26.0 Å². The summed E-state index contributed by atoms with van der Waals surface area (Å²) in [7, 11) is 0. The van der Waals surface area contributed by atoms with Gasteiger partial charge in [-0.2, -0.15) is 0 Å². The smallest absolute Gasteiger partial charge is 0.172 e. The van der Waals surface area contributed by atoms with Crippen LogP contribution in [-0.4, -0.2) is 9.97 Å². The molecule has 0 saturated heterocycles. The number of aryl methyl sites for hydroxylation is 2. The fourth-order valence-corrected chi connectivity index (χ4v) is 2.06. The average molecular weight is 290 g/mol. The van der Waals surface area contributed by atoms with E-state index >= 15 is 0 Å². The second-order valence-corrected chi connectivity index (χ2v) is 6.34. The van der Waals surface area contributed by atoms with Crippen LogP contribution in [0.5, 0.6) is 0 Å². The van der Waals surface area contributed by atoms with Crippen molar-refractivity contribution in [2.45, 2.75) is 40.0 Å². The van der Waals surface area contributed by atoms with Crippen LogP contribution in [0.4, 0.5) is 11.5 Å². The number of rotatable bonds is 2. The molecule has 2 aromatic rings. The van der Waals surface area contributed by atoms with E-state index in [1.165, 1.54) is 5.56 Å². The Bertz CT molecular complexity index is 613. The molecule has 0 aliphatic rings. The molecule has 3 nitrogen and oxygen atoms in total. The summed E-state index contributed by atoms with van der Waals surface area (Å²) in [6.07, 6.45) is 0. The van der Waals surface area contributed by atoms with Crippen LogP contribution in [0.3, 0.4) is 0 Å². The lowest BCUT2D eigenvalue weighted by atomic mass is 9.87. The van der Waals surface area contributed by atoms with Gasteiger partial charge in [0.2, 0.25) is 0 Å². The quantitative estimate of drug-likeness (QED) is 0.864. The lowest BCUT2D eigenvalue weighted by Crippen LogP contribution is -2.10. The maximum absolute atomic E-state index is 6.12. The van der Waals surface area contributed by atoms with E-state index in [2.05, 4.69) is 48.2 Å². The van der Waals surface area contributed by atoms with Crippen LogP contribution in [0.15, 0.2) is 24.3 Å². The lowest BCUT2D eigenvalue weighted by molar-refractivity contribution is 0.590. The maximum Gasteiger partial charge on any atom is 0.172 e. The molecular weight excluding hydrogens is 270 g/mol. The van der Waals surface area contributed by atoms with Gasteiger partial charge in [0.1, 0.15) is 0 Å². The van der Waals surface area contributed by atoms with Gasteiger partial charge in [-0.25, -0.2) is 9.97 Å². The predicted octanol–water partition coefficient (Wildman–Crippen LogP) is 4.79. The van der Waals surface area contributed by atoms with Gasteiger partial charge in [0.15, 0.2) is 11.0 Å². The van der Waals surface area contributed by atoms with E-state index in [0.29, 0.717) is 11.0 Å². The molecule has 1 heterocycles. The van der Waals surface area contributed by atoms with Gasteiger partial charge in [0.05, 0.1) is 11.4 Å². The number of halogens is 1. The van der Waals surface area contributed by atoms with E-state index in [-0.39, 0.29) is 5.41 Å². The highest BCUT2D eigenvalue weighted by atomic mass is 35.5. The van der Waals surface area contributed by atoms with Crippen molar-refractivity contribution in [2.24, 2.45) is 0 Å². The zero-order chi connectivity index (χ0) is 14.9. The van der Waals surface area contributed by atoms with Crippen molar-refractivity contribution >= 4 is 23.1 Å². The Morgan fingerprint density at radius 3 is 2.05 bits per heavy atom. The molecule has 0 spiro atoms. The molecule has 1 N–H and O–H groups in total. The summed E-state index contributed by atoms with van der Waals surface area (Å²) < 4.78 is 0. The summed E-state index contributed by atoms with van der Waals surface area (Å²) >= 11 is 6.12. The predicted molar refractivity (Wildman–Crippen MR) is 84.9 cm³/mol. The van der Waals surface area contributed by atoms with Crippen molar-refractivity contribution < 1.29 is 0 Å². The molecule has 0 unspecified atom stereocenters. The number of nitrogens with one attached hydrogen (secondary N) is 1. The van der Waals surface area contributed by atoms with Crippen LogP contribution in [0.25, 0.3) is 0 Å². The van der Waals surface area contributed by atoms with E-state index in [4.69, 9.17) is 11.6 Å². The molecule has 0 fully saturated rings. The zero-order valence-corrected chi connectivity index (χ0v) is 13.3. The van der Waals surface area contributed by atoms with Crippen LogP contribution in [0.1, 0.15) is 37.7 Å². The minimum absolute atomic E-state index is 0.149. The third kappa shape index (κ3) is 3.28. The van der Waals surface area contributed by atoms with Gasteiger partial charge in [0.25, 0.3) is 0 Å². The van der Waals surface area contributed by atoms with E-state index in [9.17, 15) is 0 Å². The second-order valence-electron chi connectivity index (χ2n) is 5.99. The Morgan fingerprint density at radius 2 is 1.50 bits per heavy atom. The third-order valence-corrected chi connectivity index (χ3v) is 3.54. The molecule has 0 aliphatic heterocycles. The number of anilines is 2. The highest BCUT2D eigenvalue weighted by Gasteiger charge is 2.13. The molecule has 0 atom stereocenters. The molecule has 1 aromatic heterocycles. The lowest BCUT2D eigenvalue weighted by Gasteiger charge is -2.19. The number of benzene rings is 1. The Hall–Kier alpha value is -1.61. The molecule has 0 saturated carbocycles. The molecule has 0 amide bonds. The van der Waals surface area contributed by atoms with Gasteiger partial charge in [-0.15, -0.1) is 0 Å². The number of aromatic nitrogens is 2. The van der Waals surface area contributed by atoms with Crippen LogP contribution < -0.4 is 5.32 Å². The third-order valence-electron chi connectivity index (χ3n) is 3.28. The Kier molecular flexibility index (Phi) is 4.00. The van der Waals surface area contributed by atoms with Gasteiger partial charge >= 0.3 is 0 Å². The number of nitrogens with zero attached hydrogens (tertiary/aromatic N) is 2. The van der Waals surface area contributed by atoms with Crippen LogP contribution in [-0.2, 0) is 5.41 Å². The summed E-state index contributed by atoms with van der Waals surface area (Å²) in [4.78, 5) is 8.70. The van der Waals surface area contributed by atoms with Crippen LogP contribution >= 0.6 is 11.6 Å². The standard InChI is InChI=1S/C16H20ClN3/c1-10-11(2)19-15(14(17)18-10)20-13-8-6-12(7-9-13)16(3,4)5/h6-9H,1-5H3,(H,19,20). The van der Waals surface area contributed by atoms with Gasteiger partial charge in [-0.3, -0.25) is 0 Å². The fourth-order valence-electron chi connectivity index (χ4n) is 1.85. The summed E-state index contributed by atoms with van der Waals surface area (Å²) in [5.74, 6) is 0.596. The topological polar surface area (TPSA) is 37.8 Å². The minimum Gasteiger partial charge on any atom is -0.338 e. The summed E-state index contributed by atoms with van der Waals surface area (Å²) in [6, 6.07) is 8.30. The van der Waals surface area contributed by atoms with Crippen molar-refractivity contribution in [3.8, 4) is 0 Å². The SMILES string of the molecule is Cc1nc(Cl)c(Nc2ccc(C(C)(C)C)cc2)nc1C. The van der Waals surface area contributed by atoms with Crippen molar-refractivity contribution in [3.63, 3.8) is 0 Å². The van der Waals surface area contributed by atoms with Crippen molar-refractivity contribution in [2.75, 3.05) is 5.32 Å². The van der Waals surface area contributed by atoms with Crippen molar-refractivity contribution in [3.05, 3.63) is 46.4 Å². The first-order valence-corrected chi connectivity index (χ1v) is 7.03. The van der Waals surface area contributed by atoms with E-state index in [1.54, 1.807) is 0 Å². The molecule has 106 valence electrons. The second kappa shape index (κ2) is 5.41.